The van der Waals surface area contributed by atoms with Crippen molar-refractivity contribution < 1.29 is 14.3 Å². The molecule has 0 bridgehead atoms. The Bertz CT molecular complexity index is 819. The highest BCUT2D eigenvalue weighted by Gasteiger charge is 2.20. The van der Waals surface area contributed by atoms with Crippen molar-refractivity contribution in [2.45, 2.75) is 13.8 Å². The monoisotopic (exact) mass is 371 g/mol. The highest BCUT2D eigenvalue weighted by atomic mass is 16.5. The van der Waals surface area contributed by atoms with Crippen molar-refractivity contribution in [2.75, 3.05) is 50.6 Å². The van der Waals surface area contributed by atoms with E-state index in [4.69, 9.17) is 9.47 Å². The normalized spacial score (nSPS) is 14.1. The molecular weight excluding hydrogens is 346 g/mol. The van der Waals surface area contributed by atoms with Crippen molar-refractivity contribution >= 4 is 23.2 Å². The van der Waals surface area contributed by atoms with Gasteiger partial charge in [-0.15, -0.1) is 0 Å². The van der Waals surface area contributed by atoms with E-state index in [-0.39, 0.29) is 5.91 Å². The molecular formula is C19H25N5O3. The molecule has 0 atom stereocenters. The lowest BCUT2D eigenvalue weighted by molar-refractivity contribution is -0.129. The quantitative estimate of drug-likeness (QED) is 0.863. The third-order valence-corrected chi connectivity index (χ3v) is 4.54. The maximum absolute atomic E-state index is 11.5. The molecule has 1 amide bonds. The largest absolute Gasteiger partial charge is 0.497 e. The summed E-state index contributed by atoms with van der Waals surface area (Å²) in [5.74, 6) is 3.73. The van der Waals surface area contributed by atoms with Crippen LogP contribution in [0.3, 0.4) is 0 Å². The minimum absolute atomic E-state index is 0.112. The summed E-state index contributed by atoms with van der Waals surface area (Å²) >= 11 is 0. The van der Waals surface area contributed by atoms with Gasteiger partial charge < -0.3 is 24.6 Å². The van der Waals surface area contributed by atoms with E-state index in [0.29, 0.717) is 30.5 Å². The van der Waals surface area contributed by atoms with Crippen molar-refractivity contribution in [3.63, 3.8) is 0 Å². The van der Waals surface area contributed by atoms with Crippen molar-refractivity contribution in [3.05, 3.63) is 30.1 Å². The molecule has 1 aromatic heterocycles. The van der Waals surface area contributed by atoms with Gasteiger partial charge in [0.1, 0.15) is 29.0 Å². The van der Waals surface area contributed by atoms with E-state index in [1.807, 2.05) is 36.1 Å². The van der Waals surface area contributed by atoms with Gasteiger partial charge in [-0.2, -0.15) is 0 Å². The lowest BCUT2D eigenvalue weighted by Gasteiger charge is -2.35. The van der Waals surface area contributed by atoms with Crippen LogP contribution < -0.4 is 19.7 Å². The third kappa shape index (κ3) is 4.39. The van der Waals surface area contributed by atoms with E-state index in [1.54, 1.807) is 21.1 Å². The molecule has 2 aromatic rings. The third-order valence-electron chi connectivity index (χ3n) is 4.54. The van der Waals surface area contributed by atoms with E-state index in [1.165, 1.54) is 0 Å². The number of aromatic nitrogens is 2. The topological polar surface area (TPSA) is 79.8 Å². The second-order valence-electron chi connectivity index (χ2n) is 6.34. The first-order chi connectivity index (χ1) is 13.0. The first-order valence-electron chi connectivity index (χ1n) is 8.85. The van der Waals surface area contributed by atoms with E-state index in [2.05, 4.69) is 20.2 Å². The summed E-state index contributed by atoms with van der Waals surface area (Å²) in [6.45, 7) is 6.36. The van der Waals surface area contributed by atoms with Gasteiger partial charge in [0.05, 0.1) is 19.9 Å². The van der Waals surface area contributed by atoms with Crippen molar-refractivity contribution in [1.82, 2.24) is 14.9 Å². The van der Waals surface area contributed by atoms with Gasteiger partial charge in [-0.3, -0.25) is 4.79 Å². The summed E-state index contributed by atoms with van der Waals surface area (Å²) in [5, 5.41) is 3.30. The van der Waals surface area contributed by atoms with Crippen LogP contribution in [0.4, 0.5) is 17.3 Å². The Hall–Kier alpha value is -3.03. The number of ether oxygens (including phenoxy) is 2. The Morgan fingerprint density at radius 2 is 1.81 bits per heavy atom. The van der Waals surface area contributed by atoms with Crippen molar-refractivity contribution in [2.24, 2.45) is 0 Å². The minimum atomic E-state index is 0.112. The van der Waals surface area contributed by atoms with Crippen molar-refractivity contribution in [1.29, 1.82) is 0 Å². The molecule has 1 N–H and O–H groups in total. The average molecular weight is 371 g/mol. The molecule has 1 aliphatic heterocycles. The van der Waals surface area contributed by atoms with Crippen LogP contribution in [-0.4, -0.2) is 61.2 Å². The van der Waals surface area contributed by atoms with Gasteiger partial charge in [0.15, 0.2) is 0 Å². The number of hydrogen-bond donors (Lipinski definition) is 1. The summed E-state index contributed by atoms with van der Waals surface area (Å²) in [5.41, 5.74) is 0.766. The van der Waals surface area contributed by atoms with E-state index < -0.39 is 0 Å². The minimum Gasteiger partial charge on any atom is -0.497 e. The number of nitrogens with zero attached hydrogens (tertiary/aromatic N) is 4. The van der Waals surface area contributed by atoms with Gasteiger partial charge in [-0.1, -0.05) is 0 Å². The Morgan fingerprint density at radius 3 is 2.44 bits per heavy atom. The molecule has 1 aromatic carbocycles. The standard InChI is InChI=1S/C19H25N5O3/c1-13-20-18(22-16-11-15(26-3)5-6-17(16)27-4)12-19(21-13)24-9-7-23(8-10-24)14(2)25/h5-6,11-12H,7-10H2,1-4H3,(H,20,21,22). The average Bonchev–Trinajstić information content (AvgIpc) is 2.67. The highest BCUT2D eigenvalue weighted by Crippen LogP contribution is 2.31. The van der Waals surface area contributed by atoms with Crippen LogP contribution in [0.1, 0.15) is 12.7 Å². The first kappa shape index (κ1) is 18.8. The second-order valence-corrected chi connectivity index (χ2v) is 6.34. The van der Waals surface area contributed by atoms with Crippen LogP contribution in [0.15, 0.2) is 24.3 Å². The molecule has 144 valence electrons. The summed E-state index contributed by atoms with van der Waals surface area (Å²) in [6.07, 6.45) is 0. The first-order valence-corrected chi connectivity index (χ1v) is 8.85. The number of nitrogens with one attached hydrogen (secondary N) is 1. The lowest BCUT2D eigenvalue weighted by atomic mass is 10.2. The summed E-state index contributed by atoms with van der Waals surface area (Å²) in [4.78, 5) is 24.6. The van der Waals surface area contributed by atoms with Gasteiger partial charge in [-0.25, -0.2) is 9.97 Å². The van der Waals surface area contributed by atoms with Crippen LogP contribution in [0, 0.1) is 6.92 Å². The fourth-order valence-electron chi connectivity index (χ4n) is 3.08. The molecule has 0 spiro atoms. The number of methoxy groups -OCH3 is 2. The van der Waals surface area contributed by atoms with Gasteiger partial charge in [0, 0.05) is 45.2 Å². The van der Waals surface area contributed by atoms with Gasteiger partial charge in [-0.05, 0) is 19.1 Å². The second kappa shape index (κ2) is 8.11. The summed E-state index contributed by atoms with van der Waals surface area (Å²) in [7, 11) is 3.25. The Morgan fingerprint density at radius 1 is 1.07 bits per heavy atom. The van der Waals surface area contributed by atoms with Gasteiger partial charge in [0.25, 0.3) is 0 Å². The number of hydrogen-bond acceptors (Lipinski definition) is 7. The Balaban J connectivity index is 1.81. The highest BCUT2D eigenvalue weighted by molar-refractivity contribution is 5.73. The molecule has 0 aliphatic carbocycles. The summed E-state index contributed by atoms with van der Waals surface area (Å²) < 4.78 is 10.7. The fraction of sp³-hybridized carbons (Fsp3) is 0.421. The number of piperazine rings is 1. The number of aryl methyl sites for hydroxylation is 1. The van der Waals surface area contributed by atoms with E-state index in [9.17, 15) is 4.79 Å². The molecule has 1 fully saturated rings. The number of carbonyl (C=O) groups is 1. The lowest BCUT2D eigenvalue weighted by Crippen LogP contribution is -2.48. The zero-order valence-electron chi connectivity index (χ0n) is 16.2. The van der Waals surface area contributed by atoms with Crippen LogP contribution >= 0.6 is 0 Å². The van der Waals surface area contributed by atoms with E-state index in [0.717, 1.165) is 30.3 Å². The van der Waals surface area contributed by atoms with Crippen molar-refractivity contribution in [3.8, 4) is 11.5 Å². The molecule has 1 saturated heterocycles. The van der Waals surface area contributed by atoms with Gasteiger partial charge >= 0.3 is 0 Å². The molecule has 0 saturated carbocycles. The summed E-state index contributed by atoms with van der Waals surface area (Å²) in [6, 6.07) is 7.46. The Labute approximate surface area is 159 Å². The predicted molar refractivity (Wildman–Crippen MR) is 104 cm³/mol. The molecule has 1 aliphatic rings. The zero-order valence-corrected chi connectivity index (χ0v) is 16.2. The van der Waals surface area contributed by atoms with Crippen LogP contribution in [-0.2, 0) is 4.79 Å². The van der Waals surface area contributed by atoms with Gasteiger partial charge in [0.2, 0.25) is 5.91 Å². The van der Waals surface area contributed by atoms with Crippen LogP contribution in [0.2, 0.25) is 0 Å². The SMILES string of the molecule is COc1ccc(OC)c(Nc2cc(N3CCN(C(C)=O)CC3)nc(C)n2)c1. The smallest absolute Gasteiger partial charge is 0.219 e. The fourth-order valence-corrected chi connectivity index (χ4v) is 3.08. The number of anilines is 3. The molecule has 0 radical (unpaired) electrons. The zero-order chi connectivity index (χ0) is 19.4. The van der Waals surface area contributed by atoms with Crippen LogP contribution in [0.25, 0.3) is 0 Å². The molecule has 0 unspecified atom stereocenters. The molecule has 27 heavy (non-hydrogen) atoms. The maximum atomic E-state index is 11.5. The Kier molecular flexibility index (Phi) is 5.63. The number of benzene rings is 1. The molecule has 8 heteroatoms. The van der Waals surface area contributed by atoms with E-state index >= 15 is 0 Å². The number of rotatable bonds is 5. The molecule has 3 rings (SSSR count). The molecule has 2 heterocycles. The van der Waals surface area contributed by atoms with Crippen LogP contribution in [0.5, 0.6) is 11.5 Å². The number of carbonyl (C=O) groups excluding carboxylic acids is 1. The molecule has 8 nitrogen and oxygen atoms in total. The maximum Gasteiger partial charge on any atom is 0.219 e. The number of amides is 1. The predicted octanol–water partition coefficient (Wildman–Crippen LogP) is 2.21.